The van der Waals surface area contributed by atoms with Crippen LogP contribution in [0, 0.1) is 0 Å². The van der Waals surface area contributed by atoms with Crippen molar-refractivity contribution in [3.05, 3.63) is 12.2 Å². The lowest BCUT2D eigenvalue weighted by Gasteiger charge is -2.40. The van der Waals surface area contributed by atoms with Crippen LogP contribution in [0.4, 0.5) is 0 Å². The van der Waals surface area contributed by atoms with Gasteiger partial charge in [-0.15, -0.1) is 0 Å². The van der Waals surface area contributed by atoms with Crippen molar-refractivity contribution in [3.63, 3.8) is 0 Å². The Balaban J connectivity index is 2.34. The maximum Gasteiger partial charge on any atom is 0.306 e. The average molecular weight is 947 g/mol. The third-order valence-electron chi connectivity index (χ3n) is 12.6. The van der Waals surface area contributed by atoms with Gasteiger partial charge in [0, 0.05) is 12.8 Å². The van der Waals surface area contributed by atoms with Gasteiger partial charge in [-0.25, -0.2) is 0 Å². The summed E-state index contributed by atoms with van der Waals surface area (Å²) in [4.78, 5) is 25.5. The molecule has 1 saturated heterocycles. The van der Waals surface area contributed by atoms with E-state index in [1.807, 2.05) is 0 Å². The van der Waals surface area contributed by atoms with Crippen LogP contribution in [-0.4, -0.2) is 96.0 Å². The zero-order valence-corrected chi connectivity index (χ0v) is 42.2. The van der Waals surface area contributed by atoms with Gasteiger partial charge in [-0.05, 0) is 32.1 Å². The number of esters is 2. The first kappa shape index (κ1) is 61.4. The van der Waals surface area contributed by atoms with E-state index >= 15 is 0 Å². The van der Waals surface area contributed by atoms with Gasteiger partial charge in [0.25, 0.3) is 10.1 Å². The Labute approximate surface area is 396 Å². The largest absolute Gasteiger partial charge is 0.462 e. The van der Waals surface area contributed by atoms with E-state index in [4.69, 9.17) is 18.9 Å². The highest BCUT2D eigenvalue weighted by atomic mass is 32.2. The maximum absolute atomic E-state index is 12.9. The minimum Gasteiger partial charge on any atom is -0.462 e. The number of rotatable bonds is 46. The molecule has 12 nitrogen and oxygen atoms in total. The van der Waals surface area contributed by atoms with Crippen LogP contribution in [0.2, 0.25) is 0 Å². The Hall–Kier alpha value is -1.61. The number of aliphatic hydroxyl groups excluding tert-OH is 3. The van der Waals surface area contributed by atoms with Crippen molar-refractivity contribution in [1.82, 2.24) is 0 Å². The number of hydrogen-bond donors (Lipinski definition) is 4. The van der Waals surface area contributed by atoms with Gasteiger partial charge in [0.2, 0.25) is 0 Å². The number of carbonyl (C=O) groups excluding carboxylic acids is 2. The van der Waals surface area contributed by atoms with E-state index in [1.54, 1.807) is 0 Å². The van der Waals surface area contributed by atoms with Crippen molar-refractivity contribution in [2.24, 2.45) is 0 Å². The van der Waals surface area contributed by atoms with Gasteiger partial charge in [0.05, 0.1) is 6.61 Å². The summed E-state index contributed by atoms with van der Waals surface area (Å²) < 4.78 is 54.2. The first-order valence-corrected chi connectivity index (χ1v) is 28.4. The molecule has 65 heavy (non-hydrogen) atoms. The summed E-state index contributed by atoms with van der Waals surface area (Å²) in [7, 11) is -4.60. The third-order valence-corrected chi connectivity index (χ3v) is 13.3. The molecule has 0 aliphatic carbocycles. The number of hydrogen-bond acceptors (Lipinski definition) is 11. The van der Waals surface area contributed by atoms with Gasteiger partial charge in [0.15, 0.2) is 12.4 Å². The summed E-state index contributed by atoms with van der Waals surface area (Å²) in [6, 6.07) is 0. The van der Waals surface area contributed by atoms with Crippen LogP contribution in [-0.2, 0) is 38.7 Å². The first-order valence-electron chi connectivity index (χ1n) is 26.7. The van der Waals surface area contributed by atoms with Gasteiger partial charge in [-0.1, -0.05) is 219 Å². The number of carbonyl (C=O) groups is 2. The van der Waals surface area contributed by atoms with E-state index in [2.05, 4.69) is 26.0 Å². The Morgan fingerprint density at radius 3 is 1.32 bits per heavy atom. The number of unbranched alkanes of at least 4 members (excludes halogenated alkanes) is 32. The van der Waals surface area contributed by atoms with Crippen molar-refractivity contribution in [1.29, 1.82) is 0 Å². The Morgan fingerprint density at radius 1 is 0.508 bits per heavy atom. The van der Waals surface area contributed by atoms with Crippen molar-refractivity contribution in [3.8, 4) is 0 Å². The molecule has 1 fully saturated rings. The second-order valence-corrected chi connectivity index (χ2v) is 20.4. The van der Waals surface area contributed by atoms with E-state index in [0.717, 1.165) is 32.1 Å². The monoisotopic (exact) mass is 947 g/mol. The lowest BCUT2D eigenvalue weighted by atomic mass is 10.00. The topological polar surface area (TPSA) is 186 Å². The molecule has 13 heteroatoms. The molecule has 0 aromatic rings. The van der Waals surface area contributed by atoms with Crippen LogP contribution in [0.3, 0.4) is 0 Å². The lowest BCUT2D eigenvalue weighted by molar-refractivity contribution is -0.297. The van der Waals surface area contributed by atoms with Gasteiger partial charge >= 0.3 is 11.9 Å². The molecule has 2 unspecified atom stereocenters. The molecular weight excluding hydrogens is 849 g/mol. The molecule has 0 aromatic carbocycles. The second-order valence-electron chi connectivity index (χ2n) is 18.9. The predicted molar refractivity (Wildman–Crippen MR) is 261 cm³/mol. The predicted octanol–water partition coefficient (Wildman–Crippen LogP) is 12.2. The van der Waals surface area contributed by atoms with E-state index in [0.29, 0.717) is 19.3 Å². The molecule has 0 aromatic heterocycles. The SMILES string of the molecule is CCCCCCCCCCCCCCCCCCCC/C=C/CCCC(=O)O[C@H](COC(=O)CCCCCCCCCCCCCCCC)CO[C@H]1O[C@H](CS(=O)(=O)O)[C@@H](O)C(O)C1O. The number of allylic oxidation sites excluding steroid dienone is 2. The summed E-state index contributed by atoms with van der Waals surface area (Å²) in [6.45, 7) is 3.78. The smallest absolute Gasteiger partial charge is 0.306 e. The first-order chi connectivity index (χ1) is 31.5. The highest BCUT2D eigenvalue weighted by Crippen LogP contribution is 2.24. The van der Waals surface area contributed by atoms with Crippen LogP contribution in [0.5, 0.6) is 0 Å². The molecule has 1 heterocycles. The molecule has 384 valence electrons. The average Bonchev–Trinajstić information content (AvgIpc) is 3.27. The number of ether oxygens (including phenoxy) is 4. The molecule has 0 amide bonds. The lowest BCUT2D eigenvalue weighted by Crippen LogP contribution is -2.60. The fourth-order valence-electron chi connectivity index (χ4n) is 8.45. The van der Waals surface area contributed by atoms with E-state index in [1.165, 1.54) is 173 Å². The van der Waals surface area contributed by atoms with Crippen molar-refractivity contribution in [2.75, 3.05) is 19.0 Å². The van der Waals surface area contributed by atoms with Crippen LogP contribution >= 0.6 is 0 Å². The Morgan fingerprint density at radius 2 is 0.892 bits per heavy atom. The minimum absolute atomic E-state index is 0.122. The van der Waals surface area contributed by atoms with Crippen LogP contribution in [0.1, 0.15) is 251 Å². The Bertz CT molecular complexity index is 1250. The summed E-state index contributed by atoms with van der Waals surface area (Å²) in [5.74, 6) is -2.00. The highest BCUT2D eigenvalue weighted by Gasteiger charge is 2.46. The van der Waals surface area contributed by atoms with Gasteiger partial charge < -0.3 is 34.3 Å². The number of aliphatic hydroxyl groups is 3. The molecule has 1 aliphatic rings. The molecule has 1 aliphatic heterocycles. The van der Waals surface area contributed by atoms with Crippen LogP contribution in [0.15, 0.2) is 12.2 Å². The fraction of sp³-hybridized carbons (Fsp3) is 0.923. The highest BCUT2D eigenvalue weighted by molar-refractivity contribution is 7.85. The summed E-state index contributed by atoms with van der Waals surface area (Å²) >= 11 is 0. The molecule has 0 spiro atoms. The third kappa shape index (κ3) is 37.0. The summed E-state index contributed by atoms with van der Waals surface area (Å²) in [5.41, 5.74) is 0. The van der Waals surface area contributed by atoms with Crippen molar-refractivity contribution in [2.45, 2.75) is 288 Å². The zero-order chi connectivity index (χ0) is 47.6. The molecule has 0 radical (unpaired) electrons. The standard InChI is InChI=1S/C52H98O12S/c1-3-5-7-9-11-13-15-17-19-20-21-22-23-24-25-26-27-29-31-33-35-37-39-41-48(54)63-45(43-62-52-51(57)50(56)49(55)46(64-52)44-65(58,59)60)42-61-47(53)40-38-36-34-32-30-28-18-16-14-12-10-8-6-4-2/h33,35,45-46,49-52,55-57H,3-32,34,36-44H2,1-2H3,(H,58,59,60)/b35-33+/t45-,46-,49-,50?,51?,52+/m1/s1. The van der Waals surface area contributed by atoms with Gasteiger partial charge in [-0.3, -0.25) is 14.1 Å². The molecular formula is C52H98O12S. The second kappa shape index (κ2) is 42.5. The van der Waals surface area contributed by atoms with Crippen molar-refractivity contribution >= 4 is 22.1 Å². The fourth-order valence-corrected chi connectivity index (χ4v) is 9.14. The van der Waals surface area contributed by atoms with E-state index < -0.39 is 71.2 Å². The van der Waals surface area contributed by atoms with Gasteiger partial charge in [0.1, 0.15) is 36.8 Å². The molecule has 0 saturated carbocycles. The molecule has 4 N–H and O–H groups in total. The molecule has 6 atom stereocenters. The Kier molecular flexibility index (Phi) is 40.1. The summed E-state index contributed by atoms with van der Waals surface area (Å²) in [5, 5.41) is 31.0. The van der Waals surface area contributed by atoms with E-state index in [-0.39, 0.29) is 19.4 Å². The molecule has 1 rings (SSSR count). The molecule has 0 bridgehead atoms. The van der Waals surface area contributed by atoms with Crippen LogP contribution in [0.25, 0.3) is 0 Å². The zero-order valence-electron chi connectivity index (χ0n) is 41.4. The van der Waals surface area contributed by atoms with Gasteiger partial charge in [-0.2, -0.15) is 8.42 Å². The quantitative estimate of drug-likeness (QED) is 0.0196. The van der Waals surface area contributed by atoms with E-state index in [9.17, 15) is 37.9 Å². The van der Waals surface area contributed by atoms with Crippen LogP contribution < -0.4 is 0 Å². The summed E-state index contributed by atoms with van der Waals surface area (Å²) in [6.07, 6.45) is 38.4. The maximum atomic E-state index is 12.9. The van der Waals surface area contributed by atoms with Crippen molar-refractivity contribution < 1.29 is 56.8 Å². The normalized spacial score (nSPS) is 19.5. The minimum atomic E-state index is -4.60.